The monoisotopic (exact) mass is 361 g/mol. The lowest BCUT2D eigenvalue weighted by Crippen LogP contribution is -2.30. The summed E-state index contributed by atoms with van der Waals surface area (Å²) in [4.78, 5) is 23.8. The number of nitrogens with zero attached hydrogens (tertiary/aromatic N) is 3. The zero-order chi connectivity index (χ0) is 18.8. The van der Waals surface area contributed by atoms with Crippen LogP contribution in [0.2, 0.25) is 0 Å². The van der Waals surface area contributed by atoms with Gasteiger partial charge in [-0.2, -0.15) is 5.06 Å². The van der Waals surface area contributed by atoms with Crippen LogP contribution in [-0.4, -0.2) is 26.5 Å². The Morgan fingerprint density at radius 1 is 1.07 bits per heavy atom. The van der Waals surface area contributed by atoms with Gasteiger partial charge in [-0.15, -0.1) is 0 Å². The normalized spacial score (nSPS) is 22.8. The van der Waals surface area contributed by atoms with Gasteiger partial charge in [-0.05, 0) is 18.1 Å². The molecule has 2 aromatic carbocycles. The van der Waals surface area contributed by atoms with Crippen molar-refractivity contribution in [1.82, 2.24) is 14.6 Å². The lowest BCUT2D eigenvalue weighted by atomic mass is 9.86. The van der Waals surface area contributed by atoms with Gasteiger partial charge in [0.1, 0.15) is 0 Å². The molecule has 3 atom stereocenters. The molecule has 0 spiro atoms. The van der Waals surface area contributed by atoms with Crippen LogP contribution in [-0.2, 0) is 18.4 Å². The third kappa shape index (κ3) is 3.44. The van der Waals surface area contributed by atoms with E-state index in [-0.39, 0.29) is 23.8 Å². The number of benzene rings is 2. The number of hydrogen-bond donors (Lipinski definition) is 0. The molecule has 0 amide bonds. The van der Waals surface area contributed by atoms with Crippen LogP contribution >= 0.6 is 0 Å². The van der Waals surface area contributed by atoms with Crippen molar-refractivity contribution in [2.75, 3.05) is 0 Å². The molecule has 0 N–H and O–H groups in total. The Balaban J connectivity index is 1.71. The Labute approximate surface area is 159 Å². The van der Waals surface area contributed by atoms with Crippen LogP contribution < -0.4 is 0 Å². The second-order valence-corrected chi connectivity index (χ2v) is 6.98. The molecule has 1 fully saturated rings. The highest BCUT2D eigenvalue weighted by molar-refractivity contribution is 5.96. The van der Waals surface area contributed by atoms with Crippen LogP contribution in [0.25, 0.3) is 0 Å². The van der Waals surface area contributed by atoms with E-state index in [2.05, 4.69) is 29.2 Å². The van der Waals surface area contributed by atoms with Crippen LogP contribution in [0.15, 0.2) is 73.1 Å². The molecule has 5 nitrogen and oxygen atoms in total. The number of rotatable bonds is 5. The number of Topliss-reactive ketones (excluding diaryl/α,β-unsaturated/α-hetero) is 1. The molecule has 4 rings (SSSR count). The third-order valence-corrected chi connectivity index (χ3v) is 5.12. The molecular weight excluding hydrogens is 338 g/mol. The van der Waals surface area contributed by atoms with E-state index in [1.165, 1.54) is 0 Å². The van der Waals surface area contributed by atoms with E-state index in [1.54, 1.807) is 17.0 Å². The van der Waals surface area contributed by atoms with E-state index >= 15 is 0 Å². The predicted octanol–water partition coefficient (Wildman–Crippen LogP) is 3.80. The second kappa shape index (κ2) is 7.47. The third-order valence-electron chi connectivity index (χ3n) is 5.12. The Morgan fingerprint density at radius 2 is 1.74 bits per heavy atom. The number of ketones is 1. The number of hydroxylamine groups is 2. The fraction of sp³-hybridized carbons (Fsp3) is 0.273. The molecule has 1 saturated heterocycles. The summed E-state index contributed by atoms with van der Waals surface area (Å²) in [6, 6.07) is 20.1. The van der Waals surface area contributed by atoms with Gasteiger partial charge in [-0.3, -0.25) is 9.63 Å². The minimum absolute atomic E-state index is 0.0133. The second-order valence-electron chi connectivity index (χ2n) is 6.98. The summed E-state index contributed by atoms with van der Waals surface area (Å²) >= 11 is 0. The number of aromatic nitrogens is 2. The highest BCUT2D eigenvalue weighted by atomic mass is 16.7. The Morgan fingerprint density at radius 3 is 2.37 bits per heavy atom. The lowest BCUT2D eigenvalue weighted by Gasteiger charge is -2.25. The Kier molecular flexibility index (Phi) is 4.88. The van der Waals surface area contributed by atoms with E-state index in [1.807, 2.05) is 55.4 Å². The lowest BCUT2D eigenvalue weighted by molar-refractivity contribution is -0.166. The van der Waals surface area contributed by atoms with Gasteiger partial charge in [0.15, 0.2) is 5.82 Å². The summed E-state index contributed by atoms with van der Waals surface area (Å²) in [5.74, 6) is 0.162. The fourth-order valence-electron chi connectivity index (χ4n) is 3.81. The Hall–Kier alpha value is -2.76. The summed E-state index contributed by atoms with van der Waals surface area (Å²) in [5, 5.41) is 1.95. The molecule has 1 aliphatic rings. The highest BCUT2D eigenvalue weighted by Gasteiger charge is 2.47. The van der Waals surface area contributed by atoms with Gasteiger partial charge >= 0.3 is 0 Å². The van der Waals surface area contributed by atoms with E-state index in [0.717, 1.165) is 11.1 Å². The van der Waals surface area contributed by atoms with E-state index in [0.29, 0.717) is 12.4 Å². The van der Waals surface area contributed by atoms with Crippen molar-refractivity contribution in [3.8, 4) is 0 Å². The van der Waals surface area contributed by atoms with Crippen LogP contribution in [0.1, 0.15) is 34.7 Å². The van der Waals surface area contributed by atoms with Gasteiger partial charge in [0.25, 0.3) is 0 Å². The van der Waals surface area contributed by atoms with Crippen molar-refractivity contribution in [2.24, 2.45) is 13.0 Å². The van der Waals surface area contributed by atoms with Gasteiger partial charge in [-0.25, -0.2) is 4.98 Å². The van der Waals surface area contributed by atoms with Crippen LogP contribution in [0.3, 0.4) is 0 Å². The molecule has 1 aromatic heterocycles. The number of hydrogen-bond acceptors (Lipinski definition) is 4. The molecule has 27 heavy (non-hydrogen) atoms. The average molecular weight is 361 g/mol. The van der Waals surface area contributed by atoms with Crippen LogP contribution in [0.5, 0.6) is 0 Å². The molecule has 1 aliphatic heterocycles. The molecule has 5 heteroatoms. The first-order valence-electron chi connectivity index (χ1n) is 9.19. The van der Waals surface area contributed by atoms with Crippen molar-refractivity contribution < 1.29 is 9.63 Å². The summed E-state index contributed by atoms with van der Waals surface area (Å²) < 4.78 is 1.77. The predicted molar refractivity (Wildman–Crippen MR) is 103 cm³/mol. The fourth-order valence-corrected chi connectivity index (χ4v) is 3.81. The average Bonchev–Trinajstić information content (AvgIpc) is 3.25. The van der Waals surface area contributed by atoms with Gasteiger partial charge in [0.05, 0.1) is 18.1 Å². The molecule has 2 heterocycles. The topological polar surface area (TPSA) is 47.4 Å². The number of carbonyl (C=O) groups excluding carboxylic acids is 1. The summed E-state index contributed by atoms with van der Waals surface area (Å²) in [7, 11) is 1.85. The molecule has 0 aliphatic carbocycles. The number of aryl methyl sites for hydroxylation is 1. The first-order chi connectivity index (χ1) is 13.1. The van der Waals surface area contributed by atoms with Crippen LogP contribution in [0, 0.1) is 5.92 Å². The quantitative estimate of drug-likeness (QED) is 0.649. The van der Waals surface area contributed by atoms with Gasteiger partial charge in [0.2, 0.25) is 5.78 Å². The van der Waals surface area contributed by atoms with Crippen molar-refractivity contribution in [1.29, 1.82) is 0 Å². The maximum absolute atomic E-state index is 13.3. The van der Waals surface area contributed by atoms with E-state index in [4.69, 9.17) is 4.84 Å². The zero-order valence-electron chi connectivity index (χ0n) is 15.5. The summed E-state index contributed by atoms with van der Waals surface area (Å²) in [5.41, 5.74) is 2.22. The summed E-state index contributed by atoms with van der Waals surface area (Å²) in [6.07, 6.45) is 3.23. The minimum Gasteiger partial charge on any atom is -0.332 e. The first kappa shape index (κ1) is 17.6. The smallest absolute Gasteiger partial charge is 0.205 e. The summed E-state index contributed by atoms with van der Waals surface area (Å²) in [6.45, 7) is 2.58. The zero-order valence-corrected chi connectivity index (χ0v) is 15.5. The van der Waals surface area contributed by atoms with E-state index in [9.17, 15) is 4.79 Å². The molecule has 0 bridgehead atoms. The van der Waals surface area contributed by atoms with Gasteiger partial charge in [0, 0.05) is 26.0 Å². The molecule has 138 valence electrons. The largest absolute Gasteiger partial charge is 0.332 e. The molecule has 0 radical (unpaired) electrons. The first-order valence-corrected chi connectivity index (χ1v) is 9.19. The molecular formula is C22H23N3O2. The van der Waals surface area contributed by atoms with Crippen LogP contribution in [0.4, 0.5) is 0 Å². The van der Waals surface area contributed by atoms with Crippen molar-refractivity contribution in [2.45, 2.75) is 25.6 Å². The molecule has 0 saturated carbocycles. The standard InChI is InChI=1S/C22H23N3O2/c1-16-19(21(26)22-23-13-14-24(22)2)20(18-11-7-4-8-12-18)25(27-16)15-17-9-5-3-6-10-17/h3-14,16,19-20H,15H2,1-2H3/t16-,19-,20+/m1/s1. The van der Waals surface area contributed by atoms with Crippen molar-refractivity contribution in [3.05, 3.63) is 90.0 Å². The van der Waals surface area contributed by atoms with Crippen molar-refractivity contribution >= 4 is 5.78 Å². The van der Waals surface area contributed by atoms with Crippen molar-refractivity contribution in [3.63, 3.8) is 0 Å². The maximum atomic E-state index is 13.3. The Bertz CT molecular complexity index is 908. The van der Waals surface area contributed by atoms with E-state index < -0.39 is 0 Å². The highest BCUT2D eigenvalue weighted by Crippen LogP contribution is 2.41. The van der Waals surface area contributed by atoms with Gasteiger partial charge < -0.3 is 4.57 Å². The molecule has 0 unspecified atom stereocenters. The van der Waals surface area contributed by atoms with Gasteiger partial charge in [-0.1, -0.05) is 60.7 Å². The number of carbonyl (C=O) groups is 1. The maximum Gasteiger partial charge on any atom is 0.205 e. The SMILES string of the molecule is C[C@H]1ON(Cc2ccccc2)[C@@H](c2ccccc2)[C@@H]1C(=O)c1nccn1C. The minimum atomic E-state index is -0.322. The molecule has 3 aromatic rings. The number of imidazole rings is 1.